The van der Waals surface area contributed by atoms with E-state index in [-0.39, 0.29) is 11.5 Å². The van der Waals surface area contributed by atoms with Crippen molar-refractivity contribution in [2.45, 2.75) is 0 Å². The molecule has 2 aromatic heterocycles. The van der Waals surface area contributed by atoms with Crippen molar-refractivity contribution in [3.63, 3.8) is 0 Å². The smallest absolute Gasteiger partial charge is 0.335 e. The van der Waals surface area contributed by atoms with Crippen LogP contribution < -0.4 is 5.32 Å². The molecule has 4 aromatic rings. The molecule has 0 spiro atoms. The molecule has 0 fully saturated rings. The summed E-state index contributed by atoms with van der Waals surface area (Å²) in [7, 11) is 3.39. The summed E-state index contributed by atoms with van der Waals surface area (Å²) in [4.78, 5) is 36.8. The van der Waals surface area contributed by atoms with Gasteiger partial charge in [-0.15, -0.1) is 0 Å². The Balaban J connectivity index is 1.82. The molecule has 0 aliphatic rings. The van der Waals surface area contributed by atoms with Crippen molar-refractivity contribution in [3.05, 3.63) is 59.9 Å². The van der Waals surface area contributed by atoms with Gasteiger partial charge in [0.2, 0.25) is 0 Å². The Hall–Kier alpha value is -3.94. The van der Waals surface area contributed by atoms with Crippen LogP contribution in [-0.2, 0) is 0 Å². The second kappa shape index (κ2) is 6.66. The SMILES string of the molecule is CN(C)C(=O)c1cccc(Nc2ncnc3[nH]c4ccc(C(=O)O)cc4c23)c1. The molecule has 0 bridgehead atoms. The first-order chi connectivity index (χ1) is 13.4. The average Bonchev–Trinajstić information content (AvgIpc) is 3.06. The van der Waals surface area contributed by atoms with Crippen LogP contribution in [0.3, 0.4) is 0 Å². The first-order valence-electron chi connectivity index (χ1n) is 8.52. The Morgan fingerprint density at radius 3 is 2.64 bits per heavy atom. The van der Waals surface area contributed by atoms with Crippen LogP contribution in [0.25, 0.3) is 21.9 Å². The third-order valence-electron chi connectivity index (χ3n) is 4.41. The molecule has 3 N–H and O–H groups in total. The van der Waals surface area contributed by atoms with Crippen molar-refractivity contribution in [3.8, 4) is 0 Å². The van der Waals surface area contributed by atoms with E-state index in [0.717, 1.165) is 5.52 Å². The van der Waals surface area contributed by atoms with E-state index in [9.17, 15) is 14.7 Å². The van der Waals surface area contributed by atoms with Crippen molar-refractivity contribution in [1.82, 2.24) is 19.9 Å². The quantitative estimate of drug-likeness (QED) is 0.505. The average molecular weight is 375 g/mol. The van der Waals surface area contributed by atoms with E-state index in [1.54, 1.807) is 44.4 Å². The second-order valence-electron chi connectivity index (χ2n) is 6.54. The minimum absolute atomic E-state index is 0.102. The zero-order valence-corrected chi connectivity index (χ0v) is 15.2. The molecule has 0 aliphatic carbocycles. The highest BCUT2D eigenvalue weighted by atomic mass is 16.4. The van der Waals surface area contributed by atoms with Gasteiger partial charge in [-0.25, -0.2) is 14.8 Å². The number of anilines is 2. The third-order valence-corrected chi connectivity index (χ3v) is 4.41. The highest BCUT2D eigenvalue weighted by Gasteiger charge is 2.14. The topological polar surface area (TPSA) is 111 Å². The summed E-state index contributed by atoms with van der Waals surface area (Å²) in [5.74, 6) is -0.583. The summed E-state index contributed by atoms with van der Waals surface area (Å²) >= 11 is 0. The van der Waals surface area contributed by atoms with Gasteiger partial charge in [0.15, 0.2) is 0 Å². The van der Waals surface area contributed by atoms with Gasteiger partial charge in [-0.05, 0) is 36.4 Å². The number of fused-ring (bicyclic) bond motifs is 3. The summed E-state index contributed by atoms with van der Waals surface area (Å²) in [6.07, 6.45) is 1.42. The summed E-state index contributed by atoms with van der Waals surface area (Å²) in [6, 6.07) is 11.9. The van der Waals surface area contributed by atoms with Gasteiger partial charge in [0.05, 0.1) is 10.9 Å². The fourth-order valence-electron chi connectivity index (χ4n) is 3.08. The lowest BCUT2D eigenvalue weighted by atomic mass is 10.1. The lowest BCUT2D eigenvalue weighted by molar-refractivity contribution is 0.0696. The van der Waals surface area contributed by atoms with Gasteiger partial charge in [0.25, 0.3) is 5.91 Å². The number of nitrogens with one attached hydrogen (secondary N) is 2. The molecule has 0 saturated carbocycles. The van der Waals surface area contributed by atoms with Crippen LogP contribution in [0.15, 0.2) is 48.8 Å². The zero-order chi connectivity index (χ0) is 19.8. The Kier molecular flexibility index (Phi) is 4.15. The second-order valence-corrected chi connectivity index (χ2v) is 6.54. The monoisotopic (exact) mass is 375 g/mol. The number of carbonyl (C=O) groups is 2. The van der Waals surface area contributed by atoms with E-state index in [1.165, 1.54) is 17.3 Å². The molecule has 0 unspecified atom stereocenters. The van der Waals surface area contributed by atoms with Crippen LogP contribution in [-0.4, -0.2) is 50.9 Å². The van der Waals surface area contributed by atoms with Gasteiger partial charge in [-0.3, -0.25) is 4.79 Å². The molecule has 28 heavy (non-hydrogen) atoms. The van der Waals surface area contributed by atoms with E-state index >= 15 is 0 Å². The van der Waals surface area contributed by atoms with Crippen molar-refractivity contribution in [1.29, 1.82) is 0 Å². The van der Waals surface area contributed by atoms with Gasteiger partial charge in [-0.1, -0.05) is 6.07 Å². The third kappa shape index (κ3) is 3.01. The number of carboxylic acid groups (broad SMARTS) is 1. The van der Waals surface area contributed by atoms with Crippen molar-refractivity contribution >= 4 is 45.3 Å². The Morgan fingerprint density at radius 2 is 1.89 bits per heavy atom. The normalized spacial score (nSPS) is 10.9. The number of H-pyrrole nitrogens is 1. The minimum Gasteiger partial charge on any atom is -0.478 e. The molecule has 140 valence electrons. The first kappa shape index (κ1) is 17.5. The number of aromatic carboxylic acids is 1. The van der Waals surface area contributed by atoms with Crippen LogP contribution in [0, 0.1) is 0 Å². The molecule has 0 atom stereocenters. The molecule has 2 heterocycles. The number of rotatable bonds is 4. The highest BCUT2D eigenvalue weighted by Crippen LogP contribution is 2.31. The van der Waals surface area contributed by atoms with Gasteiger partial charge in [-0.2, -0.15) is 0 Å². The van der Waals surface area contributed by atoms with Gasteiger partial charge >= 0.3 is 5.97 Å². The predicted octanol–water partition coefficient (Wildman–Crippen LogP) is 3.25. The molecule has 8 nitrogen and oxygen atoms in total. The van der Waals surface area contributed by atoms with E-state index in [0.29, 0.717) is 33.5 Å². The van der Waals surface area contributed by atoms with Crippen LogP contribution in [0.4, 0.5) is 11.5 Å². The molecule has 4 rings (SSSR count). The maximum atomic E-state index is 12.2. The lowest BCUT2D eigenvalue weighted by Gasteiger charge is -2.12. The first-order valence-corrected chi connectivity index (χ1v) is 8.52. The van der Waals surface area contributed by atoms with Crippen LogP contribution >= 0.6 is 0 Å². The number of amides is 1. The summed E-state index contributed by atoms with van der Waals surface area (Å²) in [5.41, 5.74) is 2.78. The maximum absolute atomic E-state index is 12.2. The number of nitrogens with zero attached hydrogens (tertiary/aromatic N) is 3. The molecule has 1 amide bonds. The van der Waals surface area contributed by atoms with E-state index < -0.39 is 5.97 Å². The molecule has 2 aromatic carbocycles. The van der Waals surface area contributed by atoms with E-state index in [4.69, 9.17) is 0 Å². The number of aromatic amines is 1. The van der Waals surface area contributed by atoms with Crippen molar-refractivity contribution < 1.29 is 14.7 Å². The van der Waals surface area contributed by atoms with Gasteiger partial charge in [0.1, 0.15) is 17.8 Å². The zero-order valence-electron chi connectivity index (χ0n) is 15.2. The lowest BCUT2D eigenvalue weighted by Crippen LogP contribution is -2.21. The van der Waals surface area contributed by atoms with Gasteiger partial charge in [0, 0.05) is 36.2 Å². The summed E-state index contributed by atoms with van der Waals surface area (Å²) in [5, 5.41) is 13.9. The summed E-state index contributed by atoms with van der Waals surface area (Å²) in [6.45, 7) is 0. The van der Waals surface area contributed by atoms with E-state index in [1.807, 2.05) is 6.07 Å². The van der Waals surface area contributed by atoms with Crippen LogP contribution in [0.1, 0.15) is 20.7 Å². The van der Waals surface area contributed by atoms with Crippen LogP contribution in [0.2, 0.25) is 0 Å². The van der Waals surface area contributed by atoms with Crippen molar-refractivity contribution in [2.24, 2.45) is 0 Å². The predicted molar refractivity (Wildman–Crippen MR) is 106 cm³/mol. The molecular weight excluding hydrogens is 358 g/mol. The number of aromatic nitrogens is 3. The number of benzene rings is 2. The standard InChI is InChI=1S/C20H17N5O3/c1-25(2)19(26)11-4-3-5-13(8-11)23-17-16-14-9-12(20(27)28)6-7-15(14)24-18(16)22-10-21-17/h3-10H,1-2H3,(H,27,28)(H2,21,22,23,24). The van der Waals surface area contributed by atoms with Crippen LogP contribution in [0.5, 0.6) is 0 Å². The summed E-state index contributed by atoms with van der Waals surface area (Å²) < 4.78 is 0. The largest absolute Gasteiger partial charge is 0.478 e. The van der Waals surface area contributed by atoms with Crippen molar-refractivity contribution in [2.75, 3.05) is 19.4 Å². The molecule has 0 saturated heterocycles. The number of hydrogen-bond donors (Lipinski definition) is 3. The highest BCUT2D eigenvalue weighted by molar-refractivity contribution is 6.13. The number of carbonyl (C=O) groups excluding carboxylic acids is 1. The molecule has 0 aliphatic heterocycles. The Labute approximate surface area is 159 Å². The number of hydrogen-bond acceptors (Lipinski definition) is 5. The maximum Gasteiger partial charge on any atom is 0.335 e. The van der Waals surface area contributed by atoms with E-state index in [2.05, 4.69) is 20.3 Å². The fraction of sp³-hybridized carbons (Fsp3) is 0.100. The minimum atomic E-state index is -1.00. The molecule has 0 radical (unpaired) electrons. The fourth-order valence-corrected chi connectivity index (χ4v) is 3.08. The molecular formula is C20H17N5O3. The molecule has 8 heteroatoms. The Morgan fingerprint density at radius 1 is 1.07 bits per heavy atom. The van der Waals surface area contributed by atoms with Gasteiger partial charge < -0.3 is 20.3 Å². The number of carboxylic acids is 1. The Bertz CT molecular complexity index is 1230.